The van der Waals surface area contributed by atoms with Gasteiger partial charge in [0, 0.05) is 35.2 Å². The first-order valence-corrected chi connectivity index (χ1v) is 10.5. The van der Waals surface area contributed by atoms with E-state index in [2.05, 4.69) is 15.3 Å². The molecule has 0 radical (unpaired) electrons. The highest BCUT2D eigenvalue weighted by Crippen LogP contribution is 2.49. The number of nitrogens with zero attached hydrogens (tertiary/aromatic N) is 2. The number of pyridine rings is 2. The van der Waals surface area contributed by atoms with Crippen LogP contribution in [0, 0.1) is 6.92 Å². The van der Waals surface area contributed by atoms with Gasteiger partial charge in [-0.25, -0.2) is 4.98 Å². The van der Waals surface area contributed by atoms with Crippen molar-refractivity contribution in [1.29, 1.82) is 0 Å². The molecule has 3 N–H and O–H groups in total. The van der Waals surface area contributed by atoms with Gasteiger partial charge in [-0.1, -0.05) is 30.3 Å². The SMILES string of the molecule is Cc1ccncc1-c1cc(N)c2cnc(NC(=O)C(=O)C3(c4ccccc4)CC3)cc2c1. The first kappa shape index (κ1) is 19.9. The minimum Gasteiger partial charge on any atom is -0.398 e. The van der Waals surface area contributed by atoms with Crippen molar-refractivity contribution >= 4 is 34.0 Å². The molecule has 32 heavy (non-hydrogen) atoms. The van der Waals surface area contributed by atoms with Crippen LogP contribution in [0.1, 0.15) is 24.0 Å². The van der Waals surface area contributed by atoms with E-state index in [1.165, 1.54) is 0 Å². The summed E-state index contributed by atoms with van der Waals surface area (Å²) in [6.45, 7) is 2.02. The number of aryl methyl sites for hydroxylation is 1. The summed E-state index contributed by atoms with van der Waals surface area (Å²) in [7, 11) is 0. The van der Waals surface area contributed by atoms with Gasteiger partial charge in [-0.2, -0.15) is 0 Å². The Labute approximate surface area is 185 Å². The largest absolute Gasteiger partial charge is 0.398 e. The predicted molar refractivity (Wildman–Crippen MR) is 125 cm³/mol. The van der Waals surface area contributed by atoms with Crippen molar-refractivity contribution in [2.75, 3.05) is 11.1 Å². The summed E-state index contributed by atoms with van der Waals surface area (Å²) in [5.41, 5.74) is 10.0. The van der Waals surface area contributed by atoms with Crippen LogP contribution in [0.15, 0.2) is 73.2 Å². The van der Waals surface area contributed by atoms with Gasteiger partial charge in [-0.3, -0.25) is 14.6 Å². The van der Waals surface area contributed by atoms with Gasteiger partial charge in [-0.15, -0.1) is 0 Å². The number of anilines is 2. The lowest BCUT2D eigenvalue weighted by Crippen LogP contribution is -2.33. The molecule has 4 aromatic rings. The van der Waals surface area contributed by atoms with Crippen LogP contribution in [0.4, 0.5) is 11.5 Å². The topological polar surface area (TPSA) is 98.0 Å². The van der Waals surface area contributed by atoms with E-state index in [9.17, 15) is 9.59 Å². The molecule has 1 saturated carbocycles. The average molecular weight is 422 g/mol. The minimum atomic E-state index is -0.711. The summed E-state index contributed by atoms with van der Waals surface area (Å²) in [6.07, 6.45) is 6.53. The molecule has 2 aromatic carbocycles. The second kappa shape index (κ2) is 7.57. The van der Waals surface area contributed by atoms with Crippen LogP contribution < -0.4 is 11.1 Å². The van der Waals surface area contributed by atoms with E-state index in [0.717, 1.165) is 33.0 Å². The zero-order chi connectivity index (χ0) is 22.3. The molecular formula is C26H22N4O2. The molecule has 158 valence electrons. The van der Waals surface area contributed by atoms with E-state index in [0.29, 0.717) is 24.3 Å². The van der Waals surface area contributed by atoms with Gasteiger partial charge < -0.3 is 11.1 Å². The van der Waals surface area contributed by atoms with Crippen LogP contribution in [0.2, 0.25) is 0 Å². The number of hydrogen-bond acceptors (Lipinski definition) is 5. The Balaban J connectivity index is 1.44. The van der Waals surface area contributed by atoms with Crippen LogP contribution >= 0.6 is 0 Å². The molecule has 0 unspecified atom stereocenters. The number of nitrogen functional groups attached to an aromatic ring is 1. The van der Waals surface area contributed by atoms with Crippen LogP contribution in [-0.2, 0) is 15.0 Å². The fourth-order valence-electron chi connectivity index (χ4n) is 4.20. The number of carbonyl (C=O) groups is 2. The first-order valence-electron chi connectivity index (χ1n) is 10.5. The van der Waals surface area contributed by atoms with E-state index in [4.69, 9.17) is 5.73 Å². The highest BCUT2D eigenvalue weighted by atomic mass is 16.2. The third-order valence-corrected chi connectivity index (χ3v) is 6.18. The van der Waals surface area contributed by atoms with E-state index in [1.807, 2.05) is 55.5 Å². The quantitative estimate of drug-likeness (QED) is 0.366. The van der Waals surface area contributed by atoms with Crippen molar-refractivity contribution in [2.24, 2.45) is 0 Å². The predicted octanol–water partition coefficient (Wildman–Crippen LogP) is 4.43. The van der Waals surface area contributed by atoms with Crippen molar-refractivity contribution in [2.45, 2.75) is 25.2 Å². The van der Waals surface area contributed by atoms with Gasteiger partial charge in [0.1, 0.15) is 5.82 Å². The molecule has 0 atom stereocenters. The number of nitrogens with one attached hydrogen (secondary N) is 1. The minimum absolute atomic E-state index is 0.319. The molecule has 1 fully saturated rings. The third-order valence-electron chi connectivity index (χ3n) is 6.18. The molecule has 0 saturated heterocycles. The van der Waals surface area contributed by atoms with Gasteiger partial charge >= 0.3 is 0 Å². The van der Waals surface area contributed by atoms with Crippen molar-refractivity contribution in [3.8, 4) is 11.1 Å². The van der Waals surface area contributed by atoms with E-state index < -0.39 is 17.1 Å². The Hall–Kier alpha value is -4.06. The summed E-state index contributed by atoms with van der Waals surface area (Å²) in [6, 6.07) is 17.0. The number of Topliss-reactive ketones (excluding diaryl/α,β-unsaturated/α-hetero) is 1. The summed E-state index contributed by atoms with van der Waals surface area (Å²) in [4.78, 5) is 34.3. The van der Waals surface area contributed by atoms with Crippen LogP contribution in [-0.4, -0.2) is 21.7 Å². The summed E-state index contributed by atoms with van der Waals surface area (Å²) < 4.78 is 0. The van der Waals surface area contributed by atoms with Crippen molar-refractivity contribution in [3.63, 3.8) is 0 Å². The standard InChI is InChI=1S/C26H22N4O2/c1-16-7-10-28-14-20(16)17-11-18-13-23(29-15-21(18)22(27)12-17)30-25(32)24(31)26(8-9-26)19-5-3-2-4-6-19/h2-7,10-15H,8-9,27H2,1H3,(H,29,30,32). The number of nitrogens with two attached hydrogens (primary N) is 1. The normalized spacial score (nSPS) is 14.2. The lowest BCUT2D eigenvalue weighted by atomic mass is 9.91. The summed E-state index contributed by atoms with van der Waals surface area (Å²) in [5, 5.41) is 4.29. The maximum absolute atomic E-state index is 13.0. The Bertz CT molecular complexity index is 1360. The van der Waals surface area contributed by atoms with Crippen LogP contribution in [0.5, 0.6) is 0 Å². The number of hydrogen-bond donors (Lipinski definition) is 2. The number of benzene rings is 2. The van der Waals surface area contributed by atoms with E-state index >= 15 is 0 Å². The Morgan fingerprint density at radius 2 is 1.81 bits per heavy atom. The van der Waals surface area contributed by atoms with Gasteiger partial charge in [-0.05, 0) is 66.1 Å². The summed E-state index contributed by atoms with van der Waals surface area (Å²) >= 11 is 0. The molecular weight excluding hydrogens is 400 g/mol. The molecule has 6 nitrogen and oxygen atoms in total. The van der Waals surface area contributed by atoms with Crippen molar-refractivity contribution in [1.82, 2.24) is 9.97 Å². The molecule has 1 aliphatic rings. The molecule has 1 aliphatic carbocycles. The Morgan fingerprint density at radius 1 is 1.03 bits per heavy atom. The maximum Gasteiger partial charge on any atom is 0.293 e. The number of amides is 1. The Morgan fingerprint density at radius 3 is 2.53 bits per heavy atom. The third kappa shape index (κ3) is 3.39. The molecule has 1 amide bonds. The molecule has 6 heteroatoms. The first-order chi connectivity index (χ1) is 15.5. The van der Waals surface area contributed by atoms with Gasteiger partial charge in [0.05, 0.1) is 5.41 Å². The zero-order valence-electron chi connectivity index (χ0n) is 17.6. The summed E-state index contributed by atoms with van der Waals surface area (Å²) in [5.74, 6) is -0.755. The molecule has 0 aliphatic heterocycles. The number of fused-ring (bicyclic) bond motifs is 1. The number of rotatable bonds is 5. The number of aromatic nitrogens is 2. The second-order valence-electron chi connectivity index (χ2n) is 8.28. The van der Waals surface area contributed by atoms with Gasteiger partial charge in [0.25, 0.3) is 5.91 Å². The van der Waals surface area contributed by atoms with E-state index in [1.54, 1.807) is 24.7 Å². The fourth-order valence-corrected chi connectivity index (χ4v) is 4.20. The monoisotopic (exact) mass is 422 g/mol. The van der Waals surface area contributed by atoms with Crippen molar-refractivity contribution < 1.29 is 9.59 Å². The highest BCUT2D eigenvalue weighted by Gasteiger charge is 2.53. The molecule has 2 heterocycles. The smallest absolute Gasteiger partial charge is 0.293 e. The number of ketones is 1. The van der Waals surface area contributed by atoms with Gasteiger partial charge in [0.15, 0.2) is 0 Å². The Kier molecular flexibility index (Phi) is 4.70. The second-order valence-corrected chi connectivity index (χ2v) is 8.28. The fraction of sp³-hybridized carbons (Fsp3) is 0.154. The van der Waals surface area contributed by atoms with Crippen LogP contribution in [0.25, 0.3) is 21.9 Å². The molecule has 2 aromatic heterocycles. The average Bonchev–Trinajstić information content (AvgIpc) is 3.61. The highest BCUT2D eigenvalue weighted by molar-refractivity contribution is 6.44. The molecule has 5 rings (SSSR count). The number of carbonyl (C=O) groups excluding carboxylic acids is 2. The van der Waals surface area contributed by atoms with Crippen LogP contribution in [0.3, 0.4) is 0 Å². The van der Waals surface area contributed by atoms with Crippen molar-refractivity contribution in [3.05, 3.63) is 84.3 Å². The van der Waals surface area contributed by atoms with E-state index in [-0.39, 0.29) is 0 Å². The zero-order valence-corrected chi connectivity index (χ0v) is 17.6. The maximum atomic E-state index is 13.0. The van der Waals surface area contributed by atoms with Gasteiger partial charge in [0.2, 0.25) is 5.78 Å². The molecule has 0 spiro atoms. The lowest BCUT2D eigenvalue weighted by molar-refractivity contribution is -0.136. The lowest BCUT2D eigenvalue weighted by Gasteiger charge is -2.14. The molecule has 0 bridgehead atoms.